The van der Waals surface area contributed by atoms with Gasteiger partial charge in [-0.05, 0) is 17.7 Å². The van der Waals surface area contributed by atoms with Gasteiger partial charge in [-0.3, -0.25) is 4.79 Å². The highest BCUT2D eigenvalue weighted by Crippen LogP contribution is 2.22. The number of carbonyl (C=O) groups is 2. The zero-order valence-corrected chi connectivity index (χ0v) is 11.7. The lowest BCUT2D eigenvalue weighted by Gasteiger charge is -2.16. The number of halogens is 2. The lowest BCUT2D eigenvalue weighted by molar-refractivity contribution is -0.145. The van der Waals surface area contributed by atoms with Crippen molar-refractivity contribution >= 4 is 35.1 Å². The Labute approximate surface area is 120 Å². The van der Waals surface area contributed by atoms with Crippen molar-refractivity contribution in [1.82, 2.24) is 5.32 Å². The standard InChI is InChI=1S/C12H13Cl2NO4/c1-19-12(18)10(15-11(17)6-16)4-7-2-3-8(13)5-9(7)14/h2-3,5,10,16H,4,6H2,1H3,(H,15,17)/t10-/m1/s1. The zero-order valence-electron chi connectivity index (χ0n) is 10.2. The molecule has 7 heteroatoms. The molecule has 0 spiro atoms. The second-order valence-corrected chi connectivity index (χ2v) is 4.58. The van der Waals surface area contributed by atoms with Gasteiger partial charge in [0.05, 0.1) is 7.11 Å². The summed E-state index contributed by atoms with van der Waals surface area (Å²) in [7, 11) is 1.21. The summed E-state index contributed by atoms with van der Waals surface area (Å²) in [5.74, 6) is -1.28. The van der Waals surface area contributed by atoms with Crippen molar-refractivity contribution < 1.29 is 19.4 Å². The third kappa shape index (κ3) is 4.70. The number of rotatable bonds is 5. The molecule has 2 N–H and O–H groups in total. The molecular weight excluding hydrogens is 293 g/mol. The van der Waals surface area contributed by atoms with Gasteiger partial charge in [-0.25, -0.2) is 4.79 Å². The molecule has 0 radical (unpaired) electrons. The van der Waals surface area contributed by atoms with Gasteiger partial charge in [0.1, 0.15) is 12.6 Å². The summed E-state index contributed by atoms with van der Waals surface area (Å²) in [4.78, 5) is 22.7. The summed E-state index contributed by atoms with van der Waals surface area (Å²) in [6, 6.07) is 3.92. The Balaban J connectivity index is 2.87. The molecule has 0 aliphatic heterocycles. The molecular formula is C12H13Cl2NO4. The molecule has 5 nitrogen and oxygen atoms in total. The number of methoxy groups -OCH3 is 1. The maximum absolute atomic E-state index is 11.6. The van der Waals surface area contributed by atoms with Gasteiger partial charge in [0.15, 0.2) is 0 Å². The minimum Gasteiger partial charge on any atom is -0.467 e. The van der Waals surface area contributed by atoms with Crippen molar-refractivity contribution in [3.8, 4) is 0 Å². The summed E-state index contributed by atoms with van der Waals surface area (Å²) in [6.07, 6.45) is 0.147. The summed E-state index contributed by atoms with van der Waals surface area (Å²) in [5.41, 5.74) is 0.639. The SMILES string of the molecule is COC(=O)[C@@H](Cc1ccc(Cl)cc1Cl)NC(=O)CO. The molecule has 104 valence electrons. The Morgan fingerprint density at radius 3 is 2.63 bits per heavy atom. The van der Waals surface area contributed by atoms with E-state index in [1.165, 1.54) is 7.11 Å². The largest absolute Gasteiger partial charge is 0.467 e. The van der Waals surface area contributed by atoms with E-state index in [0.717, 1.165) is 0 Å². The van der Waals surface area contributed by atoms with E-state index < -0.39 is 24.5 Å². The van der Waals surface area contributed by atoms with Crippen LogP contribution >= 0.6 is 23.2 Å². The number of benzene rings is 1. The number of hydrogen-bond acceptors (Lipinski definition) is 4. The van der Waals surface area contributed by atoms with E-state index in [9.17, 15) is 9.59 Å². The molecule has 0 aromatic heterocycles. The highest BCUT2D eigenvalue weighted by molar-refractivity contribution is 6.35. The maximum atomic E-state index is 11.6. The van der Waals surface area contributed by atoms with Gasteiger partial charge in [0.25, 0.3) is 0 Å². The van der Waals surface area contributed by atoms with E-state index >= 15 is 0 Å². The molecule has 0 bridgehead atoms. The van der Waals surface area contributed by atoms with Gasteiger partial charge in [-0.1, -0.05) is 29.3 Å². The summed E-state index contributed by atoms with van der Waals surface area (Å²) >= 11 is 11.8. The molecule has 1 aromatic rings. The fourth-order valence-electron chi connectivity index (χ4n) is 1.48. The van der Waals surface area contributed by atoms with Gasteiger partial charge >= 0.3 is 5.97 Å². The second kappa shape index (κ2) is 7.33. The molecule has 19 heavy (non-hydrogen) atoms. The Hall–Kier alpha value is -1.30. The predicted molar refractivity (Wildman–Crippen MR) is 71.2 cm³/mol. The van der Waals surface area contributed by atoms with Gasteiger partial charge in [-0.2, -0.15) is 0 Å². The van der Waals surface area contributed by atoms with Crippen LogP contribution < -0.4 is 5.32 Å². The van der Waals surface area contributed by atoms with Crippen LogP contribution in [0.15, 0.2) is 18.2 Å². The number of carbonyl (C=O) groups excluding carboxylic acids is 2. The van der Waals surface area contributed by atoms with Crippen LogP contribution in [0.3, 0.4) is 0 Å². The van der Waals surface area contributed by atoms with E-state index in [1.807, 2.05) is 0 Å². The van der Waals surface area contributed by atoms with Crippen molar-refractivity contribution in [3.63, 3.8) is 0 Å². The molecule has 1 amide bonds. The monoisotopic (exact) mass is 305 g/mol. The normalized spacial score (nSPS) is 11.8. The minimum absolute atomic E-state index is 0.147. The first kappa shape index (κ1) is 15.8. The number of hydrogen-bond donors (Lipinski definition) is 2. The van der Waals surface area contributed by atoms with E-state index in [2.05, 4.69) is 10.1 Å². The molecule has 0 unspecified atom stereocenters. The average Bonchev–Trinajstić information content (AvgIpc) is 2.39. The molecule has 1 atom stereocenters. The van der Waals surface area contributed by atoms with Crippen molar-refractivity contribution in [1.29, 1.82) is 0 Å². The number of aliphatic hydroxyl groups excluding tert-OH is 1. The number of nitrogens with one attached hydrogen (secondary N) is 1. The zero-order chi connectivity index (χ0) is 14.4. The van der Waals surface area contributed by atoms with Crippen molar-refractivity contribution in [3.05, 3.63) is 33.8 Å². The van der Waals surface area contributed by atoms with Gasteiger partial charge in [0.2, 0.25) is 5.91 Å². The van der Waals surface area contributed by atoms with Crippen LogP contribution in [-0.4, -0.2) is 36.7 Å². The number of aliphatic hydroxyl groups is 1. The van der Waals surface area contributed by atoms with Crippen molar-refractivity contribution in [2.24, 2.45) is 0 Å². The van der Waals surface area contributed by atoms with Gasteiger partial charge < -0.3 is 15.2 Å². The van der Waals surface area contributed by atoms with Gasteiger partial charge in [0, 0.05) is 16.5 Å². The summed E-state index contributed by atoms with van der Waals surface area (Å²) in [5, 5.41) is 11.9. The van der Waals surface area contributed by atoms with E-state index in [1.54, 1.807) is 18.2 Å². The Morgan fingerprint density at radius 1 is 1.42 bits per heavy atom. The maximum Gasteiger partial charge on any atom is 0.328 e. The molecule has 1 rings (SSSR count). The number of esters is 1. The topological polar surface area (TPSA) is 75.6 Å². The second-order valence-electron chi connectivity index (χ2n) is 3.74. The van der Waals surface area contributed by atoms with Crippen LogP contribution in [0.2, 0.25) is 10.0 Å². The molecule has 0 aliphatic carbocycles. The molecule has 0 fully saturated rings. The Kier molecular flexibility index (Phi) is 6.08. The van der Waals surface area contributed by atoms with E-state index in [0.29, 0.717) is 15.6 Å². The quantitative estimate of drug-likeness (QED) is 0.801. The van der Waals surface area contributed by atoms with Crippen LogP contribution in [0.4, 0.5) is 0 Å². The predicted octanol–water partition coefficient (Wildman–Crippen LogP) is 1.19. The molecule has 0 saturated carbocycles. The Bertz CT molecular complexity index is 479. The van der Waals surface area contributed by atoms with Gasteiger partial charge in [-0.15, -0.1) is 0 Å². The van der Waals surface area contributed by atoms with Crippen molar-refractivity contribution in [2.45, 2.75) is 12.5 Å². The smallest absolute Gasteiger partial charge is 0.328 e. The van der Waals surface area contributed by atoms with Crippen LogP contribution in [0, 0.1) is 0 Å². The first-order valence-electron chi connectivity index (χ1n) is 5.40. The molecule has 0 heterocycles. The molecule has 0 aliphatic rings. The van der Waals surface area contributed by atoms with Crippen LogP contribution in [0.5, 0.6) is 0 Å². The third-order valence-corrected chi connectivity index (χ3v) is 2.99. The third-order valence-electron chi connectivity index (χ3n) is 2.40. The lowest BCUT2D eigenvalue weighted by atomic mass is 10.1. The fourth-order valence-corrected chi connectivity index (χ4v) is 1.97. The summed E-state index contributed by atoms with van der Waals surface area (Å²) < 4.78 is 4.59. The summed E-state index contributed by atoms with van der Waals surface area (Å²) in [6.45, 7) is -0.707. The van der Waals surface area contributed by atoms with Crippen molar-refractivity contribution in [2.75, 3.05) is 13.7 Å². The lowest BCUT2D eigenvalue weighted by Crippen LogP contribution is -2.44. The average molecular weight is 306 g/mol. The molecule has 1 aromatic carbocycles. The van der Waals surface area contributed by atoms with E-state index in [-0.39, 0.29) is 6.42 Å². The molecule has 0 saturated heterocycles. The Morgan fingerprint density at radius 2 is 2.11 bits per heavy atom. The highest BCUT2D eigenvalue weighted by atomic mass is 35.5. The number of amides is 1. The van der Waals surface area contributed by atoms with E-state index in [4.69, 9.17) is 28.3 Å². The first-order valence-corrected chi connectivity index (χ1v) is 6.15. The number of ether oxygens (including phenoxy) is 1. The minimum atomic E-state index is -0.914. The first-order chi connectivity index (χ1) is 8.97. The fraction of sp³-hybridized carbons (Fsp3) is 0.333. The van der Waals surface area contributed by atoms with Crippen LogP contribution in [0.1, 0.15) is 5.56 Å². The van der Waals surface area contributed by atoms with Crippen LogP contribution in [0.25, 0.3) is 0 Å². The highest BCUT2D eigenvalue weighted by Gasteiger charge is 2.22. The van der Waals surface area contributed by atoms with Crippen LogP contribution in [-0.2, 0) is 20.7 Å².